The van der Waals surface area contributed by atoms with Gasteiger partial charge in [0.2, 0.25) is 0 Å². The Bertz CT molecular complexity index is 380. The molecule has 0 aromatic heterocycles. The van der Waals surface area contributed by atoms with Crippen LogP contribution in [0.4, 0.5) is 0 Å². The van der Waals surface area contributed by atoms with Crippen molar-refractivity contribution in [2.75, 3.05) is 6.54 Å². The highest BCUT2D eigenvalue weighted by Crippen LogP contribution is 2.29. The SMILES string of the molecule is Cc1ccc(COC2CCCC2CN)c(Cl)c1. The summed E-state index contributed by atoms with van der Waals surface area (Å²) in [6, 6.07) is 6.10. The first-order chi connectivity index (χ1) is 8.20. The van der Waals surface area contributed by atoms with Crippen molar-refractivity contribution < 1.29 is 4.74 Å². The van der Waals surface area contributed by atoms with Crippen LogP contribution in [0.25, 0.3) is 0 Å². The summed E-state index contributed by atoms with van der Waals surface area (Å²) in [5.74, 6) is 0.527. The second-order valence-corrected chi connectivity index (χ2v) is 5.28. The highest BCUT2D eigenvalue weighted by Gasteiger charge is 2.26. The van der Waals surface area contributed by atoms with E-state index in [2.05, 4.69) is 6.07 Å². The van der Waals surface area contributed by atoms with Crippen LogP contribution in [0.15, 0.2) is 18.2 Å². The van der Waals surface area contributed by atoms with Crippen LogP contribution in [0, 0.1) is 12.8 Å². The fourth-order valence-corrected chi connectivity index (χ4v) is 2.75. The summed E-state index contributed by atoms with van der Waals surface area (Å²) in [5.41, 5.74) is 7.99. The number of rotatable bonds is 4. The number of nitrogens with two attached hydrogens (primary N) is 1. The number of halogens is 1. The average molecular weight is 254 g/mol. The summed E-state index contributed by atoms with van der Waals surface area (Å²) in [6.07, 6.45) is 3.87. The van der Waals surface area contributed by atoms with Gasteiger partial charge >= 0.3 is 0 Å². The Balaban J connectivity index is 1.93. The summed E-state index contributed by atoms with van der Waals surface area (Å²) in [6.45, 7) is 3.37. The Morgan fingerprint density at radius 1 is 1.41 bits per heavy atom. The molecule has 1 saturated carbocycles. The molecule has 0 bridgehead atoms. The van der Waals surface area contributed by atoms with Gasteiger partial charge in [0.1, 0.15) is 0 Å². The summed E-state index contributed by atoms with van der Waals surface area (Å²) >= 11 is 6.18. The fourth-order valence-electron chi connectivity index (χ4n) is 2.46. The van der Waals surface area contributed by atoms with Crippen LogP contribution < -0.4 is 5.73 Å². The molecule has 17 heavy (non-hydrogen) atoms. The van der Waals surface area contributed by atoms with Crippen molar-refractivity contribution in [2.24, 2.45) is 11.7 Å². The van der Waals surface area contributed by atoms with Crippen LogP contribution in [-0.2, 0) is 11.3 Å². The lowest BCUT2D eigenvalue weighted by Crippen LogP contribution is -2.25. The molecule has 1 fully saturated rings. The molecular weight excluding hydrogens is 234 g/mol. The first-order valence-corrected chi connectivity index (χ1v) is 6.65. The zero-order valence-electron chi connectivity index (χ0n) is 10.3. The third kappa shape index (κ3) is 3.21. The number of ether oxygens (including phenoxy) is 1. The lowest BCUT2D eigenvalue weighted by atomic mass is 10.1. The maximum Gasteiger partial charge on any atom is 0.0735 e. The third-order valence-electron chi connectivity index (χ3n) is 3.55. The molecule has 2 atom stereocenters. The first-order valence-electron chi connectivity index (χ1n) is 6.27. The van der Waals surface area contributed by atoms with E-state index < -0.39 is 0 Å². The molecule has 94 valence electrons. The van der Waals surface area contributed by atoms with E-state index >= 15 is 0 Å². The second-order valence-electron chi connectivity index (χ2n) is 4.87. The molecule has 1 aliphatic rings. The minimum atomic E-state index is 0.317. The van der Waals surface area contributed by atoms with E-state index in [1.807, 2.05) is 19.1 Å². The summed E-state index contributed by atoms with van der Waals surface area (Å²) in [4.78, 5) is 0. The van der Waals surface area contributed by atoms with Gasteiger partial charge in [-0.05, 0) is 49.4 Å². The van der Waals surface area contributed by atoms with Crippen molar-refractivity contribution in [3.8, 4) is 0 Å². The predicted molar refractivity (Wildman–Crippen MR) is 71.2 cm³/mol. The van der Waals surface area contributed by atoms with Crippen LogP contribution in [0.3, 0.4) is 0 Å². The van der Waals surface area contributed by atoms with E-state index in [1.54, 1.807) is 0 Å². The van der Waals surface area contributed by atoms with Gasteiger partial charge in [-0.25, -0.2) is 0 Å². The molecule has 2 N–H and O–H groups in total. The van der Waals surface area contributed by atoms with E-state index in [9.17, 15) is 0 Å². The maximum absolute atomic E-state index is 6.18. The number of hydrogen-bond donors (Lipinski definition) is 1. The minimum absolute atomic E-state index is 0.317. The lowest BCUT2D eigenvalue weighted by Gasteiger charge is -2.19. The molecular formula is C14H20ClNO. The van der Waals surface area contributed by atoms with E-state index in [-0.39, 0.29) is 0 Å². The number of aryl methyl sites for hydroxylation is 1. The summed E-state index contributed by atoms with van der Waals surface area (Å²) in [7, 11) is 0. The zero-order valence-corrected chi connectivity index (χ0v) is 11.0. The van der Waals surface area contributed by atoms with Gasteiger partial charge in [-0.1, -0.05) is 30.2 Å². The highest BCUT2D eigenvalue weighted by molar-refractivity contribution is 6.31. The van der Waals surface area contributed by atoms with Gasteiger partial charge < -0.3 is 10.5 Å². The molecule has 0 radical (unpaired) electrons. The van der Waals surface area contributed by atoms with Crippen LogP contribution in [-0.4, -0.2) is 12.6 Å². The predicted octanol–water partition coefficient (Wildman–Crippen LogP) is 3.29. The Morgan fingerprint density at radius 2 is 2.24 bits per heavy atom. The molecule has 0 heterocycles. The highest BCUT2D eigenvalue weighted by atomic mass is 35.5. The molecule has 2 nitrogen and oxygen atoms in total. The Morgan fingerprint density at radius 3 is 2.94 bits per heavy atom. The minimum Gasteiger partial charge on any atom is -0.373 e. The van der Waals surface area contributed by atoms with Gasteiger partial charge in [0.05, 0.1) is 12.7 Å². The van der Waals surface area contributed by atoms with E-state index in [1.165, 1.54) is 18.4 Å². The van der Waals surface area contributed by atoms with Gasteiger partial charge in [0.25, 0.3) is 0 Å². The van der Waals surface area contributed by atoms with Gasteiger partial charge in [-0.15, -0.1) is 0 Å². The molecule has 2 rings (SSSR count). The zero-order chi connectivity index (χ0) is 12.3. The van der Waals surface area contributed by atoms with Gasteiger partial charge in [-0.2, -0.15) is 0 Å². The summed E-state index contributed by atoms with van der Waals surface area (Å²) < 4.78 is 5.95. The Labute approximate surface area is 108 Å². The number of benzene rings is 1. The standard InChI is InChI=1S/C14H20ClNO/c1-10-5-6-12(13(15)7-10)9-17-14-4-2-3-11(14)8-16/h5-7,11,14H,2-4,8-9,16H2,1H3. The van der Waals surface area contributed by atoms with Crippen molar-refractivity contribution in [1.29, 1.82) is 0 Å². The molecule has 1 aromatic rings. The Hall–Kier alpha value is -0.570. The largest absolute Gasteiger partial charge is 0.373 e. The normalized spacial score (nSPS) is 24.2. The molecule has 0 spiro atoms. The third-order valence-corrected chi connectivity index (χ3v) is 3.91. The monoisotopic (exact) mass is 253 g/mol. The van der Waals surface area contributed by atoms with Crippen LogP contribution in [0.1, 0.15) is 30.4 Å². The smallest absolute Gasteiger partial charge is 0.0735 e. The van der Waals surface area contributed by atoms with Gasteiger partial charge in [-0.3, -0.25) is 0 Å². The molecule has 0 aliphatic heterocycles. The van der Waals surface area contributed by atoms with Crippen molar-refractivity contribution in [1.82, 2.24) is 0 Å². The van der Waals surface area contributed by atoms with Gasteiger partial charge in [0, 0.05) is 5.02 Å². The van der Waals surface area contributed by atoms with E-state index in [0.29, 0.717) is 18.6 Å². The van der Waals surface area contributed by atoms with Gasteiger partial charge in [0.15, 0.2) is 0 Å². The maximum atomic E-state index is 6.18. The molecule has 3 heteroatoms. The van der Waals surface area contributed by atoms with Crippen molar-refractivity contribution >= 4 is 11.6 Å². The first kappa shape index (κ1) is 12.9. The van der Waals surface area contributed by atoms with Crippen LogP contribution in [0.5, 0.6) is 0 Å². The quantitative estimate of drug-likeness (QED) is 0.894. The second kappa shape index (κ2) is 5.85. The Kier molecular flexibility index (Phi) is 4.43. The summed E-state index contributed by atoms with van der Waals surface area (Å²) in [5, 5.41) is 0.798. The molecule has 0 amide bonds. The van der Waals surface area contributed by atoms with Crippen LogP contribution in [0.2, 0.25) is 5.02 Å². The number of hydrogen-bond acceptors (Lipinski definition) is 2. The molecule has 1 aromatic carbocycles. The molecule has 2 unspecified atom stereocenters. The van der Waals surface area contributed by atoms with Crippen molar-refractivity contribution in [2.45, 2.75) is 38.9 Å². The van der Waals surface area contributed by atoms with Crippen LogP contribution >= 0.6 is 11.6 Å². The average Bonchev–Trinajstić information content (AvgIpc) is 2.75. The molecule has 1 aliphatic carbocycles. The lowest BCUT2D eigenvalue weighted by molar-refractivity contribution is 0.0183. The van der Waals surface area contributed by atoms with E-state index in [4.69, 9.17) is 22.1 Å². The van der Waals surface area contributed by atoms with Crippen molar-refractivity contribution in [3.63, 3.8) is 0 Å². The topological polar surface area (TPSA) is 35.2 Å². The van der Waals surface area contributed by atoms with Crippen molar-refractivity contribution in [3.05, 3.63) is 34.3 Å². The van der Waals surface area contributed by atoms with E-state index in [0.717, 1.165) is 23.6 Å². The molecule has 0 saturated heterocycles. The fraction of sp³-hybridized carbons (Fsp3) is 0.571.